The molecule has 4 heteroatoms. The second-order valence-electron chi connectivity index (χ2n) is 10.2. The van der Waals surface area contributed by atoms with E-state index in [9.17, 15) is 9.59 Å². The van der Waals surface area contributed by atoms with E-state index < -0.39 is 6.04 Å². The van der Waals surface area contributed by atoms with Gasteiger partial charge in [-0.15, -0.1) is 0 Å². The molecule has 0 aromatic heterocycles. The standard InChI is InChI=1S/C32H38N2O2/c1-24-18-25(2)20-28(19-24)22-31(35)34(23-27-14-8-4-9-15-27)30(21-26-12-6-3-7-13-26)32(36)33-29-16-10-5-11-17-29/h3-4,6-9,12-15,18-20,29-30H,5,10-11,16-17,21-23H2,1-2H3,(H,33,36)/t30-/m1/s1. The number of nitrogens with zero attached hydrogens (tertiary/aromatic N) is 1. The van der Waals surface area contributed by atoms with E-state index in [4.69, 9.17) is 0 Å². The Morgan fingerprint density at radius 3 is 2.00 bits per heavy atom. The maximum absolute atomic E-state index is 13.9. The number of carbonyl (C=O) groups excluding carboxylic acids is 2. The molecule has 0 aliphatic heterocycles. The maximum Gasteiger partial charge on any atom is 0.243 e. The monoisotopic (exact) mass is 482 g/mol. The summed E-state index contributed by atoms with van der Waals surface area (Å²) in [6.45, 7) is 4.51. The second kappa shape index (κ2) is 12.5. The lowest BCUT2D eigenvalue weighted by molar-refractivity contribution is -0.141. The first kappa shape index (κ1) is 25.7. The summed E-state index contributed by atoms with van der Waals surface area (Å²) in [5, 5.41) is 3.31. The molecular formula is C32H38N2O2. The number of benzene rings is 3. The molecule has 0 bridgehead atoms. The minimum absolute atomic E-state index is 0.0245. The highest BCUT2D eigenvalue weighted by molar-refractivity contribution is 5.89. The summed E-state index contributed by atoms with van der Waals surface area (Å²) in [5.41, 5.74) is 5.35. The Morgan fingerprint density at radius 2 is 1.39 bits per heavy atom. The summed E-state index contributed by atoms with van der Waals surface area (Å²) < 4.78 is 0. The van der Waals surface area contributed by atoms with Crippen molar-refractivity contribution in [1.82, 2.24) is 10.2 Å². The smallest absolute Gasteiger partial charge is 0.243 e. The third-order valence-electron chi connectivity index (χ3n) is 7.06. The second-order valence-corrected chi connectivity index (χ2v) is 10.2. The molecule has 1 atom stereocenters. The van der Waals surface area contributed by atoms with E-state index in [1.54, 1.807) is 4.90 Å². The zero-order valence-corrected chi connectivity index (χ0v) is 21.6. The lowest BCUT2D eigenvalue weighted by atomic mass is 9.94. The Hall–Kier alpha value is -3.40. The van der Waals surface area contributed by atoms with Crippen LogP contribution in [0.1, 0.15) is 59.9 Å². The van der Waals surface area contributed by atoms with Gasteiger partial charge in [-0.05, 0) is 43.4 Å². The number of carbonyl (C=O) groups is 2. The molecule has 1 aliphatic carbocycles. The molecule has 188 valence electrons. The molecule has 0 radical (unpaired) electrons. The molecule has 0 unspecified atom stereocenters. The van der Waals surface area contributed by atoms with Gasteiger partial charge in [-0.2, -0.15) is 0 Å². The van der Waals surface area contributed by atoms with Gasteiger partial charge in [0.05, 0.1) is 6.42 Å². The molecule has 3 aromatic carbocycles. The van der Waals surface area contributed by atoms with E-state index in [2.05, 4.69) is 37.4 Å². The molecule has 0 saturated heterocycles. The first-order valence-electron chi connectivity index (χ1n) is 13.2. The van der Waals surface area contributed by atoms with Crippen molar-refractivity contribution in [2.75, 3.05) is 0 Å². The fraction of sp³-hybridized carbons (Fsp3) is 0.375. The number of aryl methyl sites for hydroxylation is 2. The zero-order chi connectivity index (χ0) is 25.3. The summed E-state index contributed by atoms with van der Waals surface area (Å²) >= 11 is 0. The normalized spacial score (nSPS) is 14.7. The molecule has 2 amide bonds. The van der Waals surface area contributed by atoms with E-state index in [1.807, 2.05) is 60.7 Å². The third kappa shape index (κ3) is 7.30. The number of amides is 2. The predicted molar refractivity (Wildman–Crippen MR) is 146 cm³/mol. The summed E-state index contributed by atoms with van der Waals surface area (Å²) in [4.78, 5) is 29.5. The molecule has 4 nitrogen and oxygen atoms in total. The molecule has 0 heterocycles. The summed E-state index contributed by atoms with van der Waals surface area (Å²) in [5.74, 6) is -0.0703. The Morgan fingerprint density at radius 1 is 0.806 bits per heavy atom. The highest BCUT2D eigenvalue weighted by atomic mass is 16.2. The zero-order valence-electron chi connectivity index (χ0n) is 21.6. The maximum atomic E-state index is 13.9. The molecular weight excluding hydrogens is 444 g/mol. The lowest BCUT2D eigenvalue weighted by Crippen LogP contribution is -2.53. The topological polar surface area (TPSA) is 49.4 Å². The Kier molecular flexibility index (Phi) is 8.94. The van der Waals surface area contributed by atoms with Gasteiger partial charge >= 0.3 is 0 Å². The van der Waals surface area contributed by atoms with E-state index in [1.165, 1.54) is 6.42 Å². The summed E-state index contributed by atoms with van der Waals surface area (Å²) in [6, 6.07) is 25.9. The minimum Gasteiger partial charge on any atom is -0.352 e. The van der Waals surface area contributed by atoms with Gasteiger partial charge < -0.3 is 10.2 Å². The highest BCUT2D eigenvalue weighted by Crippen LogP contribution is 2.21. The van der Waals surface area contributed by atoms with Gasteiger partial charge in [0, 0.05) is 19.0 Å². The largest absolute Gasteiger partial charge is 0.352 e. The van der Waals surface area contributed by atoms with Crippen LogP contribution in [-0.2, 0) is 29.0 Å². The van der Waals surface area contributed by atoms with Crippen molar-refractivity contribution in [1.29, 1.82) is 0 Å². The number of hydrogen-bond acceptors (Lipinski definition) is 2. The van der Waals surface area contributed by atoms with Crippen LogP contribution >= 0.6 is 0 Å². The van der Waals surface area contributed by atoms with Crippen LogP contribution in [-0.4, -0.2) is 28.8 Å². The van der Waals surface area contributed by atoms with Crippen molar-refractivity contribution < 1.29 is 9.59 Å². The Balaban J connectivity index is 1.65. The van der Waals surface area contributed by atoms with Crippen LogP contribution in [0.5, 0.6) is 0 Å². The van der Waals surface area contributed by atoms with Gasteiger partial charge in [0.2, 0.25) is 11.8 Å². The Labute approximate surface area is 215 Å². The van der Waals surface area contributed by atoms with Crippen molar-refractivity contribution >= 4 is 11.8 Å². The van der Waals surface area contributed by atoms with E-state index in [-0.39, 0.29) is 24.3 Å². The number of rotatable bonds is 9. The lowest BCUT2D eigenvalue weighted by Gasteiger charge is -2.33. The van der Waals surface area contributed by atoms with Crippen LogP contribution in [0.15, 0.2) is 78.9 Å². The Bertz CT molecular complexity index is 1120. The van der Waals surface area contributed by atoms with E-state index >= 15 is 0 Å². The van der Waals surface area contributed by atoms with Gasteiger partial charge in [0.25, 0.3) is 0 Å². The number of nitrogens with one attached hydrogen (secondary N) is 1. The molecule has 1 fully saturated rings. The van der Waals surface area contributed by atoms with Crippen LogP contribution in [0.3, 0.4) is 0 Å². The van der Waals surface area contributed by atoms with Gasteiger partial charge in [0.15, 0.2) is 0 Å². The minimum atomic E-state index is -0.576. The summed E-state index contributed by atoms with van der Waals surface area (Å²) in [6.07, 6.45) is 6.32. The van der Waals surface area contributed by atoms with Crippen molar-refractivity contribution in [3.63, 3.8) is 0 Å². The SMILES string of the molecule is Cc1cc(C)cc(CC(=O)N(Cc2ccccc2)[C@H](Cc2ccccc2)C(=O)NC2CCCCC2)c1. The molecule has 1 saturated carbocycles. The highest BCUT2D eigenvalue weighted by Gasteiger charge is 2.32. The first-order chi connectivity index (χ1) is 17.5. The molecule has 1 aliphatic rings. The quantitative estimate of drug-likeness (QED) is 0.411. The molecule has 4 rings (SSSR count). The molecule has 36 heavy (non-hydrogen) atoms. The first-order valence-corrected chi connectivity index (χ1v) is 13.2. The van der Waals surface area contributed by atoms with E-state index in [0.29, 0.717) is 13.0 Å². The van der Waals surface area contributed by atoms with Crippen molar-refractivity contribution in [3.05, 3.63) is 107 Å². The van der Waals surface area contributed by atoms with Crippen molar-refractivity contribution in [2.45, 2.75) is 77.4 Å². The fourth-order valence-corrected chi connectivity index (χ4v) is 5.33. The van der Waals surface area contributed by atoms with Crippen LogP contribution in [0.4, 0.5) is 0 Å². The fourth-order valence-electron chi connectivity index (χ4n) is 5.33. The van der Waals surface area contributed by atoms with Gasteiger partial charge in [0.1, 0.15) is 6.04 Å². The average molecular weight is 483 g/mol. The van der Waals surface area contributed by atoms with Crippen molar-refractivity contribution in [3.8, 4) is 0 Å². The predicted octanol–water partition coefficient (Wildman–Crippen LogP) is 5.93. The van der Waals surface area contributed by atoms with E-state index in [0.717, 1.165) is 53.5 Å². The average Bonchev–Trinajstić information content (AvgIpc) is 2.87. The van der Waals surface area contributed by atoms with Crippen LogP contribution in [0, 0.1) is 13.8 Å². The molecule has 0 spiro atoms. The van der Waals surface area contributed by atoms with Crippen LogP contribution in [0.2, 0.25) is 0 Å². The van der Waals surface area contributed by atoms with Crippen molar-refractivity contribution in [2.24, 2.45) is 0 Å². The third-order valence-corrected chi connectivity index (χ3v) is 7.06. The van der Waals surface area contributed by atoms with Gasteiger partial charge in [-0.3, -0.25) is 9.59 Å². The van der Waals surface area contributed by atoms with Gasteiger partial charge in [-0.1, -0.05) is 109 Å². The van der Waals surface area contributed by atoms with Gasteiger partial charge in [-0.25, -0.2) is 0 Å². The molecule has 1 N–H and O–H groups in total. The van der Waals surface area contributed by atoms with Crippen LogP contribution in [0.25, 0.3) is 0 Å². The number of hydrogen-bond donors (Lipinski definition) is 1. The molecule has 3 aromatic rings. The van der Waals surface area contributed by atoms with Crippen LogP contribution < -0.4 is 5.32 Å². The summed E-state index contributed by atoms with van der Waals surface area (Å²) in [7, 11) is 0.